The summed E-state index contributed by atoms with van der Waals surface area (Å²) >= 11 is 0. The van der Waals surface area contributed by atoms with Crippen molar-refractivity contribution < 1.29 is 12.9 Å². The zero-order chi connectivity index (χ0) is 15.0. The molecule has 1 aliphatic heterocycles. The molecule has 0 amide bonds. The molecule has 0 aromatic carbocycles. The van der Waals surface area contributed by atoms with Crippen LogP contribution in [0.2, 0.25) is 0 Å². The molecule has 112 valence electrons. The fraction of sp³-hybridized carbons (Fsp3) is 0.429. The number of pyridine rings is 1. The fourth-order valence-corrected chi connectivity index (χ4v) is 4.88. The second-order valence-corrected chi connectivity index (χ2v) is 7.04. The summed E-state index contributed by atoms with van der Waals surface area (Å²) in [6.07, 6.45) is 5.03. The number of nitrogens with zero attached hydrogens (tertiary/aromatic N) is 3. The van der Waals surface area contributed by atoms with E-state index in [1.807, 2.05) is 12.1 Å². The molecule has 2 aromatic rings. The van der Waals surface area contributed by atoms with Crippen LogP contribution in [0.1, 0.15) is 35.9 Å². The van der Waals surface area contributed by atoms with E-state index in [1.54, 1.807) is 30.5 Å². The monoisotopic (exact) mass is 307 g/mol. The van der Waals surface area contributed by atoms with Gasteiger partial charge >= 0.3 is 0 Å². The van der Waals surface area contributed by atoms with Crippen molar-refractivity contribution >= 4 is 10.0 Å². The van der Waals surface area contributed by atoms with Crippen molar-refractivity contribution in [3.05, 3.63) is 41.5 Å². The molecule has 0 spiro atoms. The lowest BCUT2D eigenvalue weighted by atomic mass is 10.1. The molecule has 1 fully saturated rings. The Morgan fingerprint density at radius 2 is 2.00 bits per heavy atom. The first-order valence-corrected chi connectivity index (χ1v) is 8.30. The zero-order valence-electron chi connectivity index (χ0n) is 12.0. The van der Waals surface area contributed by atoms with Gasteiger partial charge in [0.1, 0.15) is 10.6 Å². The lowest BCUT2D eigenvalue weighted by Gasteiger charge is -2.24. The summed E-state index contributed by atoms with van der Waals surface area (Å²) in [6.45, 7) is 3.80. The fourth-order valence-electron chi connectivity index (χ4n) is 2.91. The van der Waals surface area contributed by atoms with Gasteiger partial charge in [0.05, 0.1) is 6.04 Å². The molecule has 6 nitrogen and oxygen atoms in total. The van der Waals surface area contributed by atoms with Crippen LogP contribution >= 0.6 is 0 Å². The second kappa shape index (κ2) is 5.23. The smallest absolute Gasteiger partial charge is 0.249 e. The van der Waals surface area contributed by atoms with E-state index in [-0.39, 0.29) is 10.9 Å². The first kappa shape index (κ1) is 14.2. The standard InChI is InChI=1S/C14H17N3O3S/c1-10-14(11(2)20-16-10)21(18,19)17-9-3-4-13(17)12-5-7-15-8-6-12/h5-8,13H,3-4,9H2,1-2H3. The van der Waals surface area contributed by atoms with Crippen LogP contribution in [0.25, 0.3) is 0 Å². The van der Waals surface area contributed by atoms with Crippen molar-refractivity contribution in [3.8, 4) is 0 Å². The highest BCUT2D eigenvalue weighted by Gasteiger charge is 2.39. The molecule has 1 unspecified atom stereocenters. The summed E-state index contributed by atoms with van der Waals surface area (Å²) in [7, 11) is -3.60. The van der Waals surface area contributed by atoms with Gasteiger partial charge in [0.25, 0.3) is 0 Å². The Labute approximate surface area is 123 Å². The molecule has 3 heterocycles. The molecule has 21 heavy (non-hydrogen) atoms. The lowest BCUT2D eigenvalue weighted by Crippen LogP contribution is -2.31. The molecule has 0 bridgehead atoms. The van der Waals surface area contributed by atoms with Crippen molar-refractivity contribution in [1.29, 1.82) is 0 Å². The summed E-state index contributed by atoms with van der Waals surface area (Å²) in [4.78, 5) is 4.19. The number of sulfonamides is 1. The topological polar surface area (TPSA) is 76.3 Å². The van der Waals surface area contributed by atoms with Gasteiger partial charge in [0.15, 0.2) is 5.76 Å². The Hall–Kier alpha value is -1.73. The van der Waals surface area contributed by atoms with Gasteiger partial charge in [-0.05, 0) is 44.4 Å². The molecule has 7 heteroatoms. The third-order valence-electron chi connectivity index (χ3n) is 3.83. The van der Waals surface area contributed by atoms with Crippen LogP contribution in [-0.2, 0) is 10.0 Å². The highest BCUT2D eigenvalue weighted by molar-refractivity contribution is 7.89. The van der Waals surface area contributed by atoms with Crippen molar-refractivity contribution in [2.45, 2.75) is 37.6 Å². The van der Waals surface area contributed by atoms with Crippen molar-refractivity contribution in [2.75, 3.05) is 6.54 Å². The normalized spacial score (nSPS) is 20.0. The van der Waals surface area contributed by atoms with Gasteiger partial charge in [0.2, 0.25) is 10.0 Å². The lowest BCUT2D eigenvalue weighted by molar-refractivity contribution is 0.384. The van der Waals surface area contributed by atoms with E-state index in [0.717, 1.165) is 18.4 Å². The summed E-state index contributed by atoms with van der Waals surface area (Å²) in [5, 5.41) is 3.76. The van der Waals surface area contributed by atoms with Crippen molar-refractivity contribution in [1.82, 2.24) is 14.4 Å². The van der Waals surface area contributed by atoms with Crippen LogP contribution in [0.15, 0.2) is 33.9 Å². The van der Waals surface area contributed by atoms with Gasteiger partial charge in [-0.2, -0.15) is 4.31 Å². The molecular weight excluding hydrogens is 290 g/mol. The molecule has 0 N–H and O–H groups in total. The van der Waals surface area contributed by atoms with Crippen LogP contribution in [0.5, 0.6) is 0 Å². The number of aromatic nitrogens is 2. The van der Waals surface area contributed by atoms with E-state index in [9.17, 15) is 8.42 Å². The first-order chi connectivity index (χ1) is 10.0. The largest absolute Gasteiger partial charge is 0.360 e. The first-order valence-electron chi connectivity index (χ1n) is 6.86. The average Bonchev–Trinajstić information content (AvgIpc) is 3.07. The van der Waals surface area contributed by atoms with Gasteiger partial charge in [0, 0.05) is 18.9 Å². The van der Waals surface area contributed by atoms with E-state index < -0.39 is 10.0 Å². The maximum Gasteiger partial charge on any atom is 0.249 e. The van der Waals surface area contributed by atoms with Crippen LogP contribution in [0, 0.1) is 13.8 Å². The van der Waals surface area contributed by atoms with Gasteiger partial charge in [-0.25, -0.2) is 8.42 Å². The number of rotatable bonds is 3. The maximum atomic E-state index is 12.9. The minimum Gasteiger partial charge on any atom is -0.360 e. The molecule has 1 aliphatic rings. The highest BCUT2D eigenvalue weighted by atomic mass is 32.2. The predicted molar refractivity (Wildman–Crippen MR) is 76.1 cm³/mol. The van der Waals surface area contributed by atoms with Gasteiger partial charge in [-0.1, -0.05) is 5.16 Å². The molecule has 0 aliphatic carbocycles. The molecule has 3 rings (SSSR count). The van der Waals surface area contributed by atoms with Crippen LogP contribution in [0.3, 0.4) is 0 Å². The Morgan fingerprint density at radius 1 is 1.29 bits per heavy atom. The SMILES string of the molecule is Cc1noc(C)c1S(=O)(=O)N1CCCC1c1ccncc1. The number of aryl methyl sites for hydroxylation is 2. The zero-order valence-corrected chi connectivity index (χ0v) is 12.8. The van der Waals surface area contributed by atoms with Crippen molar-refractivity contribution in [3.63, 3.8) is 0 Å². The summed E-state index contributed by atoms with van der Waals surface area (Å²) in [6, 6.07) is 3.59. The van der Waals surface area contributed by atoms with Gasteiger partial charge in [-0.15, -0.1) is 0 Å². The molecular formula is C14H17N3O3S. The Kier molecular flexibility index (Phi) is 3.54. The third kappa shape index (κ3) is 2.36. The molecule has 2 aromatic heterocycles. The van der Waals surface area contributed by atoms with Crippen LogP contribution in [-0.4, -0.2) is 29.4 Å². The van der Waals surface area contributed by atoms with Crippen molar-refractivity contribution in [2.24, 2.45) is 0 Å². The van der Waals surface area contributed by atoms with E-state index >= 15 is 0 Å². The van der Waals surface area contributed by atoms with E-state index in [0.29, 0.717) is 18.0 Å². The minimum absolute atomic E-state index is 0.147. The molecule has 1 atom stereocenters. The van der Waals surface area contributed by atoms with Crippen LogP contribution < -0.4 is 0 Å². The van der Waals surface area contributed by atoms with Crippen LogP contribution in [0.4, 0.5) is 0 Å². The average molecular weight is 307 g/mol. The number of hydrogen-bond donors (Lipinski definition) is 0. The number of hydrogen-bond acceptors (Lipinski definition) is 5. The molecule has 0 radical (unpaired) electrons. The minimum atomic E-state index is -3.60. The highest BCUT2D eigenvalue weighted by Crippen LogP contribution is 2.37. The third-order valence-corrected chi connectivity index (χ3v) is 5.98. The predicted octanol–water partition coefficient (Wildman–Crippen LogP) is 2.21. The quantitative estimate of drug-likeness (QED) is 0.869. The summed E-state index contributed by atoms with van der Waals surface area (Å²) in [5.74, 6) is 0.341. The summed E-state index contributed by atoms with van der Waals surface area (Å²) in [5.41, 5.74) is 1.38. The van der Waals surface area contributed by atoms with E-state index in [1.165, 1.54) is 0 Å². The summed E-state index contributed by atoms with van der Waals surface area (Å²) < 4.78 is 32.4. The van der Waals surface area contributed by atoms with Gasteiger partial charge in [-0.3, -0.25) is 4.98 Å². The van der Waals surface area contributed by atoms with E-state index in [2.05, 4.69) is 10.1 Å². The Bertz CT molecular complexity index is 721. The molecule has 0 saturated carbocycles. The maximum absolute atomic E-state index is 12.9. The Balaban J connectivity index is 2.03. The van der Waals surface area contributed by atoms with Gasteiger partial charge < -0.3 is 4.52 Å². The Morgan fingerprint density at radius 3 is 2.62 bits per heavy atom. The second-order valence-electron chi connectivity index (χ2n) is 5.21. The van der Waals surface area contributed by atoms with E-state index in [4.69, 9.17) is 4.52 Å². The molecule has 1 saturated heterocycles.